The van der Waals surface area contributed by atoms with Crippen LogP contribution < -0.4 is 5.32 Å². The summed E-state index contributed by atoms with van der Waals surface area (Å²) in [6, 6.07) is 21.0. The lowest BCUT2D eigenvalue weighted by molar-refractivity contribution is -0.118. The van der Waals surface area contributed by atoms with Gasteiger partial charge in [-0.3, -0.25) is 4.79 Å². The first kappa shape index (κ1) is 20.7. The van der Waals surface area contributed by atoms with Gasteiger partial charge in [-0.1, -0.05) is 78.8 Å². The summed E-state index contributed by atoms with van der Waals surface area (Å²) in [6.45, 7) is 1.61. The average Bonchev–Trinajstić information content (AvgIpc) is 3.02. The minimum Gasteiger partial charge on any atom is -0.355 e. The van der Waals surface area contributed by atoms with Crippen LogP contribution in [-0.4, -0.2) is 33.0 Å². The maximum Gasteiger partial charge on any atom is 0.230 e. The highest BCUT2D eigenvalue weighted by molar-refractivity contribution is 7.99. The Labute approximate surface area is 182 Å². The number of fused-ring (bicyclic) bond motifs is 1. The monoisotopic (exact) mass is 420 g/mol. The van der Waals surface area contributed by atoms with Crippen LogP contribution in [0.25, 0.3) is 0 Å². The lowest BCUT2D eigenvalue weighted by Gasteiger charge is -2.18. The summed E-state index contributed by atoms with van der Waals surface area (Å²) < 4.78 is 2.19. The normalized spacial score (nSPS) is 13.6. The molecule has 0 atom stereocenters. The van der Waals surface area contributed by atoms with Crippen molar-refractivity contribution in [2.45, 2.75) is 49.7 Å². The fraction of sp³-hybridized carbons (Fsp3) is 0.375. The molecular weight excluding hydrogens is 392 g/mol. The number of carbonyl (C=O) groups is 1. The van der Waals surface area contributed by atoms with Gasteiger partial charge in [-0.15, -0.1) is 10.2 Å². The standard InChI is InChI=1S/C24H28N4OS/c29-23(18-30-24-27-26-22-14-8-3-9-17-28(22)24)25-16-15-21(19-10-4-1-5-11-19)20-12-6-2-7-13-20/h1-2,4-7,10-13,21H,3,8-9,14-18H2,(H,25,29). The summed E-state index contributed by atoms with van der Waals surface area (Å²) in [6.07, 6.45) is 5.42. The Morgan fingerprint density at radius 2 is 1.67 bits per heavy atom. The van der Waals surface area contributed by atoms with Gasteiger partial charge >= 0.3 is 0 Å². The second-order valence-electron chi connectivity index (χ2n) is 7.66. The van der Waals surface area contributed by atoms with Gasteiger partial charge in [0.1, 0.15) is 5.82 Å². The Morgan fingerprint density at radius 3 is 2.37 bits per heavy atom. The van der Waals surface area contributed by atoms with Gasteiger partial charge in [-0.05, 0) is 30.4 Å². The molecule has 156 valence electrons. The van der Waals surface area contributed by atoms with Crippen LogP contribution in [-0.2, 0) is 17.8 Å². The molecular formula is C24H28N4OS. The number of nitrogens with one attached hydrogen (secondary N) is 1. The summed E-state index contributed by atoms with van der Waals surface area (Å²) >= 11 is 1.49. The van der Waals surface area contributed by atoms with Crippen LogP contribution in [0.1, 0.15) is 48.6 Å². The van der Waals surface area contributed by atoms with Gasteiger partial charge in [0.25, 0.3) is 0 Å². The predicted molar refractivity (Wildman–Crippen MR) is 121 cm³/mol. The maximum atomic E-state index is 12.4. The van der Waals surface area contributed by atoms with E-state index in [1.807, 2.05) is 12.1 Å². The number of benzene rings is 2. The van der Waals surface area contributed by atoms with Crippen molar-refractivity contribution in [2.24, 2.45) is 0 Å². The first-order valence-corrected chi connectivity index (χ1v) is 11.7. The number of aromatic nitrogens is 3. The van der Waals surface area contributed by atoms with E-state index in [4.69, 9.17) is 0 Å². The number of nitrogens with zero attached hydrogens (tertiary/aromatic N) is 3. The molecule has 0 unspecified atom stereocenters. The molecule has 1 aliphatic heterocycles. The predicted octanol–water partition coefficient (Wildman–Crippen LogP) is 4.44. The smallest absolute Gasteiger partial charge is 0.230 e. The van der Waals surface area contributed by atoms with Gasteiger partial charge in [0.2, 0.25) is 5.91 Å². The lowest BCUT2D eigenvalue weighted by atomic mass is 9.88. The third-order valence-corrected chi connectivity index (χ3v) is 6.53. The molecule has 0 radical (unpaired) electrons. The van der Waals surface area contributed by atoms with E-state index in [1.165, 1.54) is 35.7 Å². The molecule has 0 bridgehead atoms. The van der Waals surface area contributed by atoms with Gasteiger partial charge in [0.15, 0.2) is 5.16 Å². The zero-order valence-corrected chi connectivity index (χ0v) is 18.0. The highest BCUT2D eigenvalue weighted by atomic mass is 32.2. The van der Waals surface area contributed by atoms with Crippen molar-refractivity contribution < 1.29 is 4.79 Å². The second kappa shape index (κ2) is 10.4. The van der Waals surface area contributed by atoms with Gasteiger partial charge in [-0.2, -0.15) is 0 Å². The number of carbonyl (C=O) groups excluding carboxylic acids is 1. The Balaban J connectivity index is 1.30. The van der Waals surface area contributed by atoms with Gasteiger partial charge in [-0.25, -0.2) is 0 Å². The fourth-order valence-electron chi connectivity index (χ4n) is 4.00. The highest BCUT2D eigenvalue weighted by Gasteiger charge is 2.17. The van der Waals surface area contributed by atoms with Crippen molar-refractivity contribution in [1.29, 1.82) is 0 Å². The fourth-order valence-corrected chi connectivity index (χ4v) is 4.81. The van der Waals surface area contributed by atoms with Crippen LogP contribution >= 0.6 is 11.8 Å². The molecule has 0 spiro atoms. The number of hydrogen-bond acceptors (Lipinski definition) is 4. The molecule has 1 aromatic heterocycles. The van der Waals surface area contributed by atoms with E-state index >= 15 is 0 Å². The van der Waals surface area contributed by atoms with Crippen molar-refractivity contribution in [1.82, 2.24) is 20.1 Å². The van der Waals surface area contributed by atoms with E-state index in [1.54, 1.807) is 0 Å². The van der Waals surface area contributed by atoms with Crippen molar-refractivity contribution in [3.63, 3.8) is 0 Å². The Morgan fingerprint density at radius 1 is 0.967 bits per heavy atom. The van der Waals surface area contributed by atoms with Crippen LogP contribution in [0, 0.1) is 0 Å². The summed E-state index contributed by atoms with van der Waals surface area (Å²) in [5.41, 5.74) is 2.55. The minimum absolute atomic E-state index is 0.0471. The number of aryl methyl sites for hydroxylation is 1. The third kappa shape index (κ3) is 5.30. The van der Waals surface area contributed by atoms with Crippen molar-refractivity contribution in [3.05, 3.63) is 77.6 Å². The van der Waals surface area contributed by atoms with Gasteiger partial charge < -0.3 is 9.88 Å². The number of thioether (sulfide) groups is 1. The van der Waals surface area contributed by atoms with Crippen LogP contribution in [0.4, 0.5) is 0 Å². The zero-order chi connectivity index (χ0) is 20.6. The molecule has 1 amide bonds. The van der Waals surface area contributed by atoms with E-state index in [9.17, 15) is 4.79 Å². The van der Waals surface area contributed by atoms with Crippen molar-refractivity contribution in [3.8, 4) is 0 Å². The first-order valence-electron chi connectivity index (χ1n) is 10.7. The van der Waals surface area contributed by atoms with Crippen LogP contribution in [0.2, 0.25) is 0 Å². The minimum atomic E-state index is 0.0471. The second-order valence-corrected chi connectivity index (χ2v) is 8.60. The van der Waals surface area contributed by atoms with Gasteiger partial charge in [0.05, 0.1) is 5.75 Å². The van der Waals surface area contributed by atoms with E-state index < -0.39 is 0 Å². The number of rotatable bonds is 8. The Hall–Kier alpha value is -2.60. The molecule has 30 heavy (non-hydrogen) atoms. The summed E-state index contributed by atoms with van der Waals surface area (Å²) in [5.74, 6) is 1.75. The van der Waals surface area contributed by atoms with E-state index in [0.29, 0.717) is 12.3 Å². The average molecular weight is 421 g/mol. The van der Waals surface area contributed by atoms with E-state index in [-0.39, 0.29) is 11.8 Å². The lowest BCUT2D eigenvalue weighted by Crippen LogP contribution is -2.27. The maximum absolute atomic E-state index is 12.4. The molecule has 0 fully saturated rings. The molecule has 0 saturated carbocycles. The summed E-state index contributed by atoms with van der Waals surface area (Å²) in [4.78, 5) is 12.4. The molecule has 6 heteroatoms. The molecule has 0 aliphatic carbocycles. The molecule has 2 aromatic carbocycles. The zero-order valence-electron chi connectivity index (χ0n) is 17.2. The molecule has 3 aromatic rings. The van der Waals surface area contributed by atoms with Gasteiger partial charge in [0, 0.05) is 25.4 Å². The van der Waals surface area contributed by atoms with Crippen LogP contribution in [0.5, 0.6) is 0 Å². The highest BCUT2D eigenvalue weighted by Crippen LogP contribution is 2.27. The van der Waals surface area contributed by atoms with Crippen LogP contribution in [0.3, 0.4) is 0 Å². The third-order valence-electron chi connectivity index (χ3n) is 5.57. The van der Waals surface area contributed by atoms with E-state index in [2.05, 4.69) is 68.6 Å². The molecule has 1 aliphatic rings. The summed E-state index contributed by atoms with van der Waals surface area (Å²) in [7, 11) is 0. The number of amides is 1. The molecule has 0 saturated heterocycles. The number of hydrogen-bond donors (Lipinski definition) is 1. The first-order chi connectivity index (χ1) is 14.8. The molecule has 4 rings (SSSR count). The Bertz CT molecular complexity index is 903. The largest absolute Gasteiger partial charge is 0.355 e. The van der Waals surface area contributed by atoms with Crippen molar-refractivity contribution >= 4 is 17.7 Å². The SMILES string of the molecule is O=C(CSc1nnc2n1CCCCC2)NCCC(c1ccccc1)c1ccccc1. The molecule has 2 heterocycles. The van der Waals surface area contributed by atoms with E-state index in [0.717, 1.165) is 36.8 Å². The molecule has 5 nitrogen and oxygen atoms in total. The summed E-state index contributed by atoms with van der Waals surface area (Å²) in [5, 5.41) is 12.6. The molecule has 1 N–H and O–H groups in total. The topological polar surface area (TPSA) is 59.8 Å². The Kier molecular flexibility index (Phi) is 7.19. The quantitative estimate of drug-likeness (QED) is 0.548. The van der Waals surface area contributed by atoms with Crippen molar-refractivity contribution in [2.75, 3.05) is 12.3 Å². The van der Waals surface area contributed by atoms with Crippen LogP contribution in [0.15, 0.2) is 65.8 Å².